The summed E-state index contributed by atoms with van der Waals surface area (Å²) in [6.45, 7) is 2.57. The summed E-state index contributed by atoms with van der Waals surface area (Å²) in [5, 5.41) is 4.07. The van der Waals surface area contributed by atoms with Gasteiger partial charge in [0, 0.05) is 11.1 Å². The maximum Gasteiger partial charge on any atom is 0.146 e. The van der Waals surface area contributed by atoms with Gasteiger partial charge in [0.1, 0.15) is 5.82 Å². The summed E-state index contributed by atoms with van der Waals surface area (Å²) in [6, 6.07) is 6.66. The van der Waals surface area contributed by atoms with Gasteiger partial charge in [0.05, 0.1) is 17.2 Å². The van der Waals surface area contributed by atoms with Gasteiger partial charge in [-0.05, 0) is 19.1 Å². The zero-order valence-electron chi connectivity index (χ0n) is 8.33. The number of nitrogens with zero attached hydrogens (tertiary/aromatic N) is 1. The number of thiazole rings is 1. The van der Waals surface area contributed by atoms with Crippen molar-refractivity contribution in [1.29, 1.82) is 0 Å². The van der Waals surface area contributed by atoms with E-state index in [1.165, 1.54) is 6.07 Å². The van der Waals surface area contributed by atoms with Crippen LogP contribution in [0, 0.1) is 12.7 Å². The van der Waals surface area contributed by atoms with Gasteiger partial charge in [-0.15, -0.1) is 11.3 Å². The van der Waals surface area contributed by atoms with E-state index in [9.17, 15) is 4.39 Å². The lowest BCUT2D eigenvalue weighted by Gasteiger charge is -2.04. The number of nitrogens with one attached hydrogen (secondary N) is 1. The molecule has 4 heteroatoms. The molecule has 2 nitrogen and oxygen atoms in total. The second-order valence-corrected chi connectivity index (χ2v) is 4.50. The molecule has 0 bridgehead atoms. The molecule has 1 aromatic carbocycles. The summed E-state index contributed by atoms with van der Waals surface area (Å²) >= 11 is 1.62. The first kappa shape index (κ1) is 10.1. The van der Waals surface area contributed by atoms with Crippen molar-refractivity contribution < 1.29 is 4.39 Å². The fourth-order valence-electron chi connectivity index (χ4n) is 1.27. The highest BCUT2D eigenvalue weighted by Gasteiger charge is 2.01. The highest BCUT2D eigenvalue weighted by atomic mass is 32.1. The average Bonchev–Trinajstić information content (AvgIpc) is 2.63. The number of para-hydroxylation sites is 1. The van der Waals surface area contributed by atoms with Gasteiger partial charge in [0.15, 0.2) is 0 Å². The minimum atomic E-state index is -0.223. The molecule has 2 aromatic rings. The zero-order valence-corrected chi connectivity index (χ0v) is 9.14. The first-order chi connectivity index (χ1) is 7.25. The van der Waals surface area contributed by atoms with Gasteiger partial charge in [-0.1, -0.05) is 12.1 Å². The molecule has 0 saturated carbocycles. The number of aryl methyl sites for hydroxylation is 1. The van der Waals surface area contributed by atoms with Crippen molar-refractivity contribution in [2.75, 3.05) is 5.32 Å². The third kappa shape index (κ3) is 2.53. The molecule has 0 atom stereocenters. The number of hydrogen-bond acceptors (Lipinski definition) is 3. The first-order valence-electron chi connectivity index (χ1n) is 4.65. The zero-order chi connectivity index (χ0) is 10.7. The van der Waals surface area contributed by atoms with E-state index in [1.807, 2.05) is 19.2 Å². The lowest BCUT2D eigenvalue weighted by atomic mass is 10.3. The Morgan fingerprint density at radius 3 is 2.87 bits per heavy atom. The molecule has 0 radical (unpaired) electrons. The van der Waals surface area contributed by atoms with Crippen molar-refractivity contribution in [3.63, 3.8) is 0 Å². The highest BCUT2D eigenvalue weighted by molar-refractivity contribution is 7.11. The number of aromatic nitrogens is 1. The minimum absolute atomic E-state index is 0.223. The average molecular weight is 222 g/mol. The van der Waals surface area contributed by atoms with E-state index in [0.717, 1.165) is 9.88 Å². The van der Waals surface area contributed by atoms with Crippen LogP contribution in [0.5, 0.6) is 0 Å². The number of anilines is 1. The Morgan fingerprint density at radius 1 is 1.40 bits per heavy atom. The van der Waals surface area contributed by atoms with Crippen LogP contribution in [-0.4, -0.2) is 4.98 Å². The largest absolute Gasteiger partial charge is 0.378 e. The van der Waals surface area contributed by atoms with E-state index in [4.69, 9.17) is 0 Å². The predicted molar refractivity (Wildman–Crippen MR) is 60.6 cm³/mol. The van der Waals surface area contributed by atoms with E-state index in [-0.39, 0.29) is 5.82 Å². The topological polar surface area (TPSA) is 24.9 Å². The maximum atomic E-state index is 13.2. The Balaban J connectivity index is 2.02. The molecule has 0 aliphatic carbocycles. The molecule has 15 heavy (non-hydrogen) atoms. The third-order valence-electron chi connectivity index (χ3n) is 2.00. The molecule has 1 heterocycles. The van der Waals surface area contributed by atoms with Crippen molar-refractivity contribution in [2.24, 2.45) is 0 Å². The molecule has 0 saturated heterocycles. The van der Waals surface area contributed by atoms with Crippen LogP contribution in [0.1, 0.15) is 9.88 Å². The Bertz CT molecular complexity index is 453. The van der Waals surface area contributed by atoms with Gasteiger partial charge < -0.3 is 5.32 Å². The monoisotopic (exact) mass is 222 g/mol. The van der Waals surface area contributed by atoms with Crippen LogP contribution in [0.2, 0.25) is 0 Å². The normalized spacial score (nSPS) is 10.3. The second-order valence-electron chi connectivity index (χ2n) is 3.18. The summed E-state index contributed by atoms with van der Waals surface area (Å²) in [5.74, 6) is -0.223. The smallest absolute Gasteiger partial charge is 0.146 e. The summed E-state index contributed by atoms with van der Waals surface area (Å²) in [6.07, 6.45) is 1.81. The van der Waals surface area contributed by atoms with Gasteiger partial charge in [0.25, 0.3) is 0 Å². The second kappa shape index (κ2) is 4.40. The number of benzene rings is 1. The summed E-state index contributed by atoms with van der Waals surface area (Å²) in [5.41, 5.74) is 0.531. The van der Waals surface area contributed by atoms with Crippen LogP contribution in [-0.2, 0) is 6.54 Å². The van der Waals surface area contributed by atoms with Gasteiger partial charge >= 0.3 is 0 Å². The molecule has 1 aromatic heterocycles. The molecule has 0 spiro atoms. The van der Waals surface area contributed by atoms with Crippen molar-refractivity contribution in [1.82, 2.24) is 4.98 Å². The van der Waals surface area contributed by atoms with Crippen LogP contribution < -0.4 is 5.32 Å². The molecule has 0 aliphatic heterocycles. The Morgan fingerprint density at radius 2 is 2.20 bits per heavy atom. The Kier molecular flexibility index (Phi) is 2.97. The standard InChI is InChI=1S/C11H11FN2S/c1-8-13-6-9(15-8)7-14-11-5-3-2-4-10(11)12/h2-6,14H,7H2,1H3. The third-order valence-corrected chi connectivity index (χ3v) is 2.91. The van der Waals surface area contributed by atoms with E-state index in [0.29, 0.717) is 12.2 Å². The number of hydrogen-bond donors (Lipinski definition) is 1. The minimum Gasteiger partial charge on any atom is -0.378 e. The van der Waals surface area contributed by atoms with Gasteiger partial charge in [-0.3, -0.25) is 0 Å². The van der Waals surface area contributed by atoms with E-state index < -0.39 is 0 Å². The SMILES string of the molecule is Cc1ncc(CNc2ccccc2F)s1. The molecular weight excluding hydrogens is 211 g/mol. The summed E-state index contributed by atoms with van der Waals surface area (Å²) < 4.78 is 13.2. The number of rotatable bonds is 3. The molecule has 0 aliphatic rings. The summed E-state index contributed by atoms with van der Waals surface area (Å²) in [7, 11) is 0. The van der Waals surface area contributed by atoms with E-state index in [2.05, 4.69) is 10.3 Å². The van der Waals surface area contributed by atoms with E-state index in [1.54, 1.807) is 23.5 Å². The quantitative estimate of drug-likeness (QED) is 0.862. The van der Waals surface area contributed by atoms with Gasteiger partial charge in [-0.25, -0.2) is 9.37 Å². The molecule has 0 fully saturated rings. The molecule has 2 rings (SSSR count). The highest BCUT2D eigenvalue weighted by Crippen LogP contribution is 2.16. The predicted octanol–water partition coefficient (Wildman–Crippen LogP) is 3.20. The summed E-state index contributed by atoms with van der Waals surface area (Å²) in [4.78, 5) is 5.24. The van der Waals surface area contributed by atoms with E-state index >= 15 is 0 Å². The van der Waals surface area contributed by atoms with Gasteiger partial charge in [0.2, 0.25) is 0 Å². The lowest BCUT2D eigenvalue weighted by Crippen LogP contribution is -1.99. The van der Waals surface area contributed by atoms with Crippen LogP contribution in [0.25, 0.3) is 0 Å². The lowest BCUT2D eigenvalue weighted by molar-refractivity contribution is 0.630. The Hall–Kier alpha value is -1.42. The van der Waals surface area contributed by atoms with Crippen LogP contribution in [0.3, 0.4) is 0 Å². The number of halogens is 1. The van der Waals surface area contributed by atoms with Gasteiger partial charge in [-0.2, -0.15) is 0 Å². The fourth-order valence-corrected chi connectivity index (χ4v) is 2.01. The molecule has 1 N–H and O–H groups in total. The van der Waals surface area contributed by atoms with Crippen molar-refractivity contribution in [2.45, 2.75) is 13.5 Å². The Labute approximate surface area is 91.8 Å². The van der Waals surface area contributed by atoms with Crippen LogP contribution >= 0.6 is 11.3 Å². The molecular formula is C11H11FN2S. The van der Waals surface area contributed by atoms with Crippen molar-refractivity contribution >= 4 is 17.0 Å². The molecule has 0 amide bonds. The van der Waals surface area contributed by atoms with Crippen LogP contribution in [0.4, 0.5) is 10.1 Å². The van der Waals surface area contributed by atoms with Crippen LogP contribution in [0.15, 0.2) is 30.5 Å². The van der Waals surface area contributed by atoms with Crippen molar-refractivity contribution in [3.8, 4) is 0 Å². The maximum absolute atomic E-state index is 13.2. The molecule has 78 valence electrons. The fraction of sp³-hybridized carbons (Fsp3) is 0.182. The first-order valence-corrected chi connectivity index (χ1v) is 5.47. The van der Waals surface area contributed by atoms with Crippen molar-refractivity contribution in [3.05, 3.63) is 46.2 Å². The molecule has 0 unspecified atom stereocenters.